The Bertz CT molecular complexity index is 966. The lowest BCUT2D eigenvalue weighted by atomic mass is 9.54. The first kappa shape index (κ1) is 25.5. The summed E-state index contributed by atoms with van der Waals surface area (Å²) >= 11 is 0. The summed E-state index contributed by atoms with van der Waals surface area (Å²) in [5.74, 6) is -0.292. The Morgan fingerprint density at radius 3 is 2.15 bits per heavy atom. The number of alkyl halides is 3. The Morgan fingerprint density at radius 1 is 1.09 bits per heavy atom. The van der Waals surface area contributed by atoms with Crippen molar-refractivity contribution in [1.29, 1.82) is 0 Å². The van der Waals surface area contributed by atoms with Gasteiger partial charge in [0, 0.05) is 17.5 Å². The van der Waals surface area contributed by atoms with E-state index in [0.29, 0.717) is 50.6 Å². The first-order valence-corrected chi connectivity index (χ1v) is 12.4. The second kappa shape index (κ2) is 9.61. The quantitative estimate of drug-likeness (QED) is 0.513. The van der Waals surface area contributed by atoms with Crippen LogP contribution in [0.3, 0.4) is 0 Å². The molecule has 6 nitrogen and oxygen atoms in total. The number of hydrogen-bond acceptors (Lipinski definition) is 5. The minimum atomic E-state index is -4.47. The molecule has 3 aliphatic rings. The van der Waals surface area contributed by atoms with Crippen molar-refractivity contribution in [2.45, 2.75) is 49.6 Å². The molecule has 2 bridgehead atoms. The molecule has 0 atom stereocenters. The summed E-state index contributed by atoms with van der Waals surface area (Å²) in [6, 6.07) is 5.86. The summed E-state index contributed by atoms with van der Waals surface area (Å²) in [5.41, 5.74) is 4.31. The fourth-order valence-electron chi connectivity index (χ4n) is 4.73. The number of carbonyl (C=O) groups excluding carboxylic acids is 1. The second-order valence-electron chi connectivity index (χ2n) is 9.07. The van der Waals surface area contributed by atoms with Crippen molar-refractivity contribution >= 4 is 15.7 Å². The van der Waals surface area contributed by atoms with E-state index < -0.39 is 39.3 Å². The molecule has 3 saturated carbocycles. The molecular weight excluding hydrogens is 464 g/mol. The van der Waals surface area contributed by atoms with Gasteiger partial charge in [0.15, 0.2) is 9.84 Å². The van der Waals surface area contributed by atoms with Gasteiger partial charge in [-0.25, -0.2) is 12.8 Å². The molecule has 3 N–H and O–H groups in total. The lowest BCUT2D eigenvalue weighted by Gasteiger charge is -2.52. The Labute approximate surface area is 190 Å². The number of nitrogens with two attached hydrogens (primary N) is 1. The van der Waals surface area contributed by atoms with Gasteiger partial charge in [0.25, 0.3) is 0 Å². The van der Waals surface area contributed by atoms with E-state index in [4.69, 9.17) is 10.5 Å². The Morgan fingerprint density at radius 2 is 1.67 bits per heavy atom. The molecular formula is C22H28F4N2O4S. The molecule has 33 heavy (non-hydrogen) atoms. The van der Waals surface area contributed by atoms with E-state index in [2.05, 4.69) is 0 Å². The van der Waals surface area contributed by atoms with Crippen LogP contribution >= 0.6 is 0 Å². The lowest BCUT2D eigenvalue weighted by Crippen LogP contribution is -2.53. The van der Waals surface area contributed by atoms with Crippen LogP contribution in [0.25, 0.3) is 0 Å². The molecule has 4 rings (SSSR count). The van der Waals surface area contributed by atoms with Gasteiger partial charge in [-0.1, -0.05) is 0 Å². The van der Waals surface area contributed by atoms with Gasteiger partial charge < -0.3 is 15.8 Å². The first-order chi connectivity index (χ1) is 15.4. The summed E-state index contributed by atoms with van der Waals surface area (Å²) in [7, 11) is -3.63. The zero-order valence-corrected chi connectivity index (χ0v) is 18.9. The molecule has 0 aliphatic heterocycles. The third-order valence-electron chi connectivity index (χ3n) is 6.85. The molecule has 184 valence electrons. The monoisotopic (exact) mass is 492 g/mol. The summed E-state index contributed by atoms with van der Waals surface area (Å²) in [6.07, 6.45) is -1.52. The van der Waals surface area contributed by atoms with Gasteiger partial charge in [-0.15, -0.1) is 0 Å². The van der Waals surface area contributed by atoms with E-state index in [0.717, 1.165) is 0 Å². The molecule has 0 radical (unpaired) electrons. The van der Waals surface area contributed by atoms with Crippen molar-refractivity contribution in [3.63, 3.8) is 0 Å². The van der Waals surface area contributed by atoms with Crippen LogP contribution < -0.4 is 15.8 Å². The molecule has 0 aromatic heterocycles. The minimum absolute atomic E-state index is 0.0102. The standard InChI is InChI=1S/C22H28F4N2O4S/c23-11-16(12-27)13-32-17-1-3-18(4-2-17)33(30,31)15-20-5-8-21(9-6-20,10-7-20)19(29)28-14-22(24,25)26/h1-4,11H,5-10,12-15,27H2,(H,28,29)/b16-11+. The number of hydrogen-bond donors (Lipinski definition) is 2. The number of ether oxygens (including phenoxy) is 1. The average Bonchev–Trinajstić information content (AvgIpc) is 2.78. The van der Waals surface area contributed by atoms with Crippen molar-refractivity contribution in [2.75, 3.05) is 25.4 Å². The van der Waals surface area contributed by atoms with Crippen LogP contribution in [0.1, 0.15) is 38.5 Å². The van der Waals surface area contributed by atoms with Crippen LogP contribution in [0.5, 0.6) is 5.75 Å². The summed E-state index contributed by atoms with van der Waals surface area (Å²) in [4.78, 5) is 12.6. The van der Waals surface area contributed by atoms with Crippen molar-refractivity contribution in [1.82, 2.24) is 5.32 Å². The van der Waals surface area contributed by atoms with Crippen molar-refractivity contribution in [2.24, 2.45) is 16.6 Å². The highest BCUT2D eigenvalue weighted by Crippen LogP contribution is 2.57. The van der Waals surface area contributed by atoms with E-state index in [1.165, 1.54) is 24.3 Å². The number of sulfone groups is 1. The molecule has 3 fully saturated rings. The van der Waals surface area contributed by atoms with Crippen LogP contribution in [0.2, 0.25) is 0 Å². The van der Waals surface area contributed by atoms with Crippen molar-refractivity contribution in [3.8, 4) is 5.75 Å². The predicted molar refractivity (Wildman–Crippen MR) is 114 cm³/mol. The van der Waals surface area contributed by atoms with Crippen LogP contribution in [0.4, 0.5) is 17.6 Å². The predicted octanol–water partition coefficient (Wildman–Crippen LogP) is 3.67. The van der Waals surface area contributed by atoms with E-state index in [9.17, 15) is 30.8 Å². The van der Waals surface area contributed by atoms with Gasteiger partial charge in [0.2, 0.25) is 5.91 Å². The topological polar surface area (TPSA) is 98.5 Å². The highest BCUT2D eigenvalue weighted by atomic mass is 32.2. The Kier molecular flexibility index (Phi) is 7.42. The normalized spacial score (nSPS) is 25.7. The third kappa shape index (κ3) is 6.06. The zero-order valence-electron chi connectivity index (χ0n) is 18.1. The number of amides is 1. The van der Waals surface area contributed by atoms with E-state index in [-0.39, 0.29) is 29.4 Å². The van der Waals surface area contributed by atoms with E-state index in [1.807, 2.05) is 5.32 Å². The van der Waals surface area contributed by atoms with Crippen LogP contribution in [-0.2, 0) is 14.6 Å². The number of nitrogens with one attached hydrogen (secondary N) is 1. The highest BCUT2D eigenvalue weighted by molar-refractivity contribution is 7.91. The number of benzene rings is 1. The number of halogens is 4. The fraction of sp³-hybridized carbons (Fsp3) is 0.591. The molecule has 0 spiro atoms. The highest BCUT2D eigenvalue weighted by Gasteiger charge is 2.53. The second-order valence-corrected chi connectivity index (χ2v) is 11.1. The minimum Gasteiger partial charge on any atom is -0.489 e. The maximum atomic E-state index is 13.1. The third-order valence-corrected chi connectivity index (χ3v) is 8.84. The number of rotatable bonds is 9. The Hall–Kier alpha value is -2.14. The molecule has 1 amide bonds. The van der Waals surface area contributed by atoms with Gasteiger partial charge in [-0.2, -0.15) is 13.2 Å². The summed E-state index contributed by atoms with van der Waals surface area (Å²) in [6.45, 7) is -1.39. The fourth-order valence-corrected chi connectivity index (χ4v) is 6.69. The Balaban J connectivity index is 1.61. The van der Waals surface area contributed by atoms with Gasteiger partial charge in [0.05, 0.1) is 17.0 Å². The smallest absolute Gasteiger partial charge is 0.405 e. The van der Waals surface area contributed by atoms with Crippen molar-refractivity contribution < 1.29 is 35.5 Å². The maximum absolute atomic E-state index is 13.1. The van der Waals surface area contributed by atoms with Crippen LogP contribution in [-0.4, -0.2) is 46.0 Å². The molecule has 0 heterocycles. The molecule has 0 saturated heterocycles. The number of carbonyl (C=O) groups is 1. The maximum Gasteiger partial charge on any atom is 0.405 e. The number of fused-ring (bicyclic) bond motifs is 3. The van der Waals surface area contributed by atoms with Crippen LogP contribution in [0.15, 0.2) is 41.1 Å². The van der Waals surface area contributed by atoms with E-state index in [1.54, 1.807) is 0 Å². The van der Waals surface area contributed by atoms with Crippen molar-refractivity contribution in [3.05, 3.63) is 36.2 Å². The molecule has 1 aromatic carbocycles. The molecule has 3 aliphatic carbocycles. The summed E-state index contributed by atoms with van der Waals surface area (Å²) < 4.78 is 81.4. The summed E-state index contributed by atoms with van der Waals surface area (Å²) in [5, 5.41) is 2.00. The van der Waals surface area contributed by atoms with Gasteiger partial charge in [0.1, 0.15) is 18.9 Å². The molecule has 0 unspecified atom stereocenters. The zero-order chi connectivity index (χ0) is 24.3. The van der Waals surface area contributed by atoms with E-state index >= 15 is 0 Å². The SMILES string of the molecule is NC/C(=C\F)COc1ccc(S(=O)(=O)CC23CCC(C(=O)NCC(F)(F)F)(CC2)CC3)cc1. The van der Waals surface area contributed by atoms with Crippen LogP contribution in [0, 0.1) is 10.8 Å². The molecule has 1 aromatic rings. The van der Waals surface area contributed by atoms with Gasteiger partial charge in [-0.3, -0.25) is 4.79 Å². The molecule has 11 heteroatoms. The van der Waals surface area contributed by atoms with Gasteiger partial charge in [-0.05, 0) is 68.2 Å². The first-order valence-electron chi connectivity index (χ1n) is 10.7. The average molecular weight is 493 g/mol. The lowest BCUT2D eigenvalue weighted by molar-refractivity contribution is -0.150. The van der Waals surface area contributed by atoms with Gasteiger partial charge >= 0.3 is 6.18 Å². The largest absolute Gasteiger partial charge is 0.489 e.